The summed E-state index contributed by atoms with van der Waals surface area (Å²) in [5, 5.41) is 3.67. The van der Waals surface area contributed by atoms with Crippen LogP contribution in [0.1, 0.15) is 0 Å². The van der Waals surface area contributed by atoms with Gasteiger partial charge in [0.2, 0.25) is 0 Å². The fourth-order valence-corrected chi connectivity index (χ4v) is 1.12. The van der Waals surface area contributed by atoms with Crippen molar-refractivity contribution in [2.75, 3.05) is 7.11 Å². The zero-order valence-electron chi connectivity index (χ0n) is 6.77. The number of aromatic nitrogens is 3. The van der Waals surface area contributed by atoms with Gasteiger partial charge in [-0.1, -0.05) is 0 Å². The second-order valence-corrected chi connectivity index (χ2v) is 2.40. The smallest absolute Gasteiger partial charge is 0.419 e. The molecule has 0 N–H and O–H groups in total. The van der Waals surface area contributed by atoms with Crippen molar-refractivity contribution in [1.82, 2.24) is 14.2 Å². The number of nitrogens with zero attached hydrogens (tertiary/aromatic N) is 3. The zero-order valence-corrected chi connectivity index (χ0v) is 6.77. The molecule has 2 rings (SSSR count). The summed E-state index contributed by atoms with van der Waals surface area (Å²) in [5.74, 6) is -0.560. The van der Waals surface area contributed by atoms with Gasteiger partial charge in [-0.15, -0.1) is 0 Å². The molecule has 0 aliphatic rings. The van der Waals surface area contributed by atoms with Crippen LogP contribution in [0.15, 0.2) is 18.6 Å². The van der Waals surface area contributed by atoms with Gasteiger partial charge in [-0.25, -0.2) is 18.3 Å². The number of halogens is 1. The molecule has 0 aromatic carbocycles. The zero-order chi connectivity index (χ0) is 9.42. The molecule has 0 bridgehead atoms. The Labute approximate surface area is 72.3 Å². The first-order valence-corrected chi connectivity index (χ1v) is 3.52. The maximum Gasteiger partial charge on any atom is 0.419 e. The summed E-state index contributed by atoms with van der Waals surface area (Å²) in [6, 6.07) is 0. The fourth-order valence-electron chi connectivity index (χ4n) is 1.12. The van der Waals surface area contributed by atoms with Crippen molar-refractivity contribution in [3.63, 3.8) is 0 Å². The van der Waals surface area contributed by atoms with E-state index in [1.807, 2.05) is 0 Å². The maximum atomic E-state index is 13.0. The summed E-state index contributed by atoms with van der Waals surface area (Å²) >= 11 is 0. The molecule has 0 aliphatic carbocycles. The first-order valence-electron chi connectivity index (χ1n) is 3.52. The summed E-state index contributed by atoms with van der Waals surface area (Å²) < 4.78 is 19.8. The predicted octanol–water partition coefficient (Wildman–Crippen LogP) is 0.889. The van der Waals surface area contributed by atoms with E-state index < -0.39 is 11.9 Å². The molecule has 0 radical (unpaired) electrons. The molecule has 0 fully saturated rings. The molecule has 0 aliphatic heterocycles. The molecule has 2 aromatic heterocycles. The highest BCUT2D eigenvalue weighted by molar-refractivity contribution is 5.76. The first-order chi connectivity index (χ1) is 6.24. The molecule has 0 amide bonds. The number of carbonyl (C=O) groups is 1. The lowest BCUT2D eigenvalue weighted by Crippen LogP contribution is -2.10. The van der Waals surface area contributed by atoms with Crippen molar-refractivity contribution in [3.8, 4) is 0 Å². The van der Waals surface area contributed by atoms with Crippen LogP contribution in [0.5, 0.6) is 0 Å². The highest BCUT2D eigenvalue weighted by atomic mass is 19.1. The number of methoxy groups -OCH3 is 1. The van der Waals surface area contributed by atoms with E-state index in [9.17, 15) is 9.18 Å². The van der Waals surface area contributed by atoms with Crippen LogP contribution in [-0.4, -0.2) is 27.4 Å². The molecule has 13 heavy (non-hydrogen) atoms. The highest BCUT2D eigenvalue weighted by Gasteiger charge is 2.13. The van der Waals surface area contributed by atoms with E-state index in [0.29, 0.717) is 0 Å². The van der Waals surface area contributed by atoms with Crippen molar-refractivity contribution < 1.29 is 13.9 Å². The van der Waals surface area contributed by atoms with E-state index in [4.69, 9.17) is 0 Å². The quantitative estimate of drug-likeness (QED) is 0.609. The highest BCUT2D eigenvalue weighted by Crippen LogP contribution is 2.09. The Morgan fingerprint density at radius 3 is 3.08 bits per heavy atom. The lowest BCUT2D eigenvalue weighted by atomic mass is 10.6. The summed E-state index contributed by atoms with van der Waals surface area (Å²) in [5.41, 5.74) is 0.0758. The number of imidazole rings is 1. The van der Waals surface area contributed by atoms with Crippen LogP contribution in [0, 0.1) is 5.82 Å². The Bertz CT molecular complexity index is 459. The van der Waals surface area contributed by atoms with Crippen molar-refractivity contribution in [2.45, 2.75) is 0 Å². The van der Waals surface area contributed by atoms with Gasteiger partial charge in [-0.05, 0) is 0 Å². The largest absolute Gasteiger partial charge is 0.452 e. The van der Waals surface area contributed by atoms with Crippen LogP contribution in [0.25, 0.3) is 5.65 Å². The van der Waals surface area contributed by atoms with E-state index in [0.717, 1.165) is 10.8 Å². The van der Waals surface area contributed by atoms with Gasteiger partial charge in [0.1, 0.15) is 0 Å². The minimum absolute atomic E-state index is 0.0758. The van der Waals surface area contributed by atoms with Gasteiger partial charge in [0.15, 0.2) is 11.5 Å². The van der Waals surface area contributed by atoms with Crippen molar-refractivity contribution >= 4 is 11.7 Å². The molecular formula is C7H6FN3O2. The monoisotopic (exact) mass is 183 g/mol. The standard InChI is InChI=1S/C7H6FN3O2/c1-13-7(12)10-2-3-11-6(10)5(8)4-9-11/h2-4H,1H3. The fraction of sp³-hybridized carbons (Fsp3) is 0.143. The SMILES string of the molecule is COC(=O)n1ccn2ncc(F)c12. The number of hydrogen-bond acceptors (Lipinski definition) is 3. The minimum Gasteiger partial charge on any atom is -0.452 e. The predicted molar refractivity (Wildman–Crippen MR) is 40.9 cm³/mol. The molecular weight excluding hydrogens is 177 g/mol. The van der Waals surface area contributed by atoms with Crippen LogP contribution < -0.4 is 0 Å². The van der Waals surface area contributed by atoms with Crippen molar-refractivity contribution in [3.05, 3.63) is 24.4 Å². The van der Waals surface area contributed by atoms with Gasteiger partial charge in [0.05, 0.1) is 13.3 Å². The average Bonchev–Trinajstić information content (AvgIpc) is 2.68. The topological polar surface area (TPSA) is 48.5 Å². The molecule has 68 valence electrons. The second-order valence-electron chi connectivity index (χ2n) is 2.40. The Balaban J connectivity index is 2.68. The minimum atomic E-state index is -0.644. The Hall–Kier alpha value is -1.85. The molecule has 0 atom stereocenters. The van der Waals surface area contributed by atoms with Gasteiger partial charge in [-0.2, -0.15) is 5.10 Å². The van der Waals surface area contributed by atoms with Crippen molar-refractivity contribution in [1.29, 1.82) is 0 Å². The number of fused-ring (bicyclic) bond motifs is 1. The lowest BCUT2D eigenvalue weighted by molar-refractivity contribution is 0.173. The number of carbonyl (C=O) groups excluding carboxylic acids is 1. The van der Waals surface area contributed by atoms with Crippen molar-refractivity contribution in [2.24, 2.45) is 0 Å². The maximum absolute atomic E-state index is 13.0. The van der Waals surface area contributed by atoms with Gasteiger partial charge in [0, 0.05) is 12.4 Å². The van der Waals surface area contributed by atoms with E-state index in [1.54, 1.807) is 0 Å². The van der Waals surface area contributed by atoms with Crippen LogP contribution in [0.2, 0.25) is 0 Å². The molecule has 2 aromatic rings. The molecule has 0 saturated carbocycles. The van der Waals surface area contributed by atoms with Gasteiger partial charge < -0.3 is 4.74 Å². The molecule has 5 nitrogen and oxygen atoms in total. The first kappa shape index (κ1) is 7.78. The Kier molecular flexibility index (Phi) is 1.54. The van der Waals surface area contributed by atoms with Crippen LogP contribution in [0.3, 0.4) is 0 Å². The lowest BCUT2D eigenvalue weighted by Gasteiger charge is -1.98. The van der Waals surface area contributed by atoms with E-state index in [-0.39, 0.29) is 5.65 Å². The third-order valence-corrected chi connectivity index (χ3v) is 1.68. The molecule has 6 heteroatoms. The van der Waals surface area contributed by atoms with E-state index in [2.05, 4.69) is 9.84 Å². The molecule has 0 spiro atoms. The molecule has 0 unspecified atom stereocenters. The van der Waals surface area contributed by atoms with Crippen LogP contribution in [-0.2, 0) is 4.74 Å². The summed E-state index contributed by atoms with van der Waals surface area (Å²) in [4.78, 5) is 11.1. The van der Waals surface area contributed by atoms with Crippen LogP contribution in [0.4, 0.5) is 9.18 Å². The normalized spacial score (nSPS) is 10.6. The molecule has 0 saturated heterocycles. The number of ether oxygens (including phenoxy) is 1. The second kappa shape index (κ2) is 2.58. The Morgan fingerprint density at radius 1 is 1.62 bits per heavy atom. The van der Waals surface area contributed by atoms with Gasteiger partial charge in [-0.3, -0.25) is 0 Å². The van der Waals surface area contributed by atoms with Gasteiger partial charge >= 0.3 is 6.09 Å². The average molecular weight is 183 g/mol. The van der Waals surface area contributed by atoms with Gasteiger partial charge in [0.25, 0.3) is 0 Å². The van der Waals surface area contributed by atoms with Crippen LogP contribution >= 0.6 is 0 Å². The van der Waals surface area contributed by atoms with E-state index in [1.165, 1.54) is 24.0 Å². The summed E-state index contributed by atoms with van der Waals surface area (Å²) in [6.07, 6.45) is 3.25. The number of hydrogen-bond donors (Lipinski definition) is 0. The molecule has 2 heterocycles. The summed E-state index contributed by atoms with van der Waals surface area (Å²) in [7, 11) is 1.23. The number of rotatable bonds is 0. The Morgan fingerprint density at radius 2 is 2.38 bits per heavy atom. The third-order valence-electron chi connectivity index (χ3n) is 1.68. The third kappa shape index (κ3) is 0.986. The summed E-state index contributed by atoms with van der Waals surface area (Å²) in [6.45, 7) is 0. The van der Waals surface area contributed by atoms with E-state index >= 15 is 0 Å².